The lowest BCUT2D eigenvalue weighted by atomic mass is 9.96. The van der Waals surface area contributed by atoms with Crippen molar-refractivity contribution in [3.63, 3.8) is 0 Å². The first-order chi connectivity index (χ1) is 9.15. The first-order valence-electron chi connectivity index (χ1n) is 7.93. The summed E-state index contributed by atoms with van der Waals surface area (Å²) in [5.41, 5.74) is 1.45. The van der Waals surface area contributed by atoms with Crippen LogP contribution in [0.5, 0.6) is 0 Å². The summed E-state index contributed by atoms with van der Waals surface area (Å²) in [6.45, 7) is 8.21. The highest BCUT2D eigenvalue weighted by molar-refractivity contribution is 5.18. The molecule has 0 radical (unpaired) electrons. The Labute approximate surface area is 118 Å². The van der Waals surface area contributed by atoms with E-state index in [1.807, 2.05) is 0 Å². The Morgan fingerprint density at radius 1 is 1.16 bits per heavy atom. The van der Waals surface area contributed by atoms with Gasteiger partial charge in [-0.05, 0) is 49.1 Å². The maximum absolute atomic E-state index is 3.83. The van der Waals surface area contributed by atoms with E-state index in [9.17, 15) is 0 Å². The number of hydrogen-bond donors (Lipinski definition) is 1. The fraction of sp³-hybridized carbons (Fsp3) is 0.667. The van der Waals surface area contributed by atoms with Crippen molar-refractivity contribution in [3.8, 4) is 0 Å². The van der Waals surface area contributed by atoms with Crippen LogP contribution in [-0.2, 0) is 0 Å². The van der Waals surface area contributed by atoms with Gasteiger partial charge in [0, 0.05) is 6.04 Å². The van der Waals surface area contributed by atoms with Crippen LogP contribution in [0.4, 0.5) is 0 Å². The lowest BCUT2D eigenvalue weighted by Crippen LogP contribution is -2.27. The minimum absolute atomic E-state index is 0.525. The molecule has 1 aromatic carbocycles. The molecule has 1 fully saturated rings. The quantitative estimate of drug-likeness (QED) is 0.774. The van der Waals surface area contributed by atoms with E-state index in [1.165, 1.54) is 37.8 Å². The average Bonchev–Trinajstić information content (AvgIpc) is 2.81. The molecule has 0 bridgehead atoms. The van der Waals surface area contributed by atoms with Crippen molar-refractivity contribution in [2.75, 3.05) is 6.54 Å². The third-order valence-corrected chi connectivity index (χ3v) is 4.37. The Kier molecular flexibility index (Phi) is 5.45. The summed E-state index contributed by atoms with van der Waals surface area (Å²) >= 11 is 0. The third-order valence-electron chi connectivity index (χ3n) is 4.37. The van der Waals surface area contributed by atoms with Crippen molar-refractivity contribution in [2.45, 2.75) is 52.5 Å². The summed E-state index contributed by atoms with van der Waals surface area (Å²) in [4.78, 5) is 0. The molecule has 1 aliphatic carbocycles. The van der Waals surface area contributed by atoms with E-state index in [2.05, 4.69) is 56.4 Å². The van der Waals surface area contributed by atoms with Gasteiger partial charge in [0.15, 0.2) is 0 Å². The van der Waals surface area contributed by atoms with Crippen LogP contribution in [0, 0.1) is 17.8 Å². The van der Waals surface area contributed by atoms with Crippen LogP contribution in [-0.4, -0.2) is 6.54 Å². The summed E-state index contributed by atoms with van der Waals surface area (Å²) < 4.78 is 0. The first kappa shape index (κ1) is 14.6. The van der Waals surface area contributed by atoms with Crippen LogP contribution < -0.4 is 5.32 Å². The van der Waals surface area contributed by atoms with Gasteiger partial charge in [0.1, 0.15) is 0 Å². The topological polar surface area (TPSA) is 12.0 Å². The number of rotatable bonds is 6. The second-order valence-corrected chi connectivity index (χ2v) is 6.79. The lowest BCUT2D eigenvalue weighted by Gasteiger charge is -2.23. The van der Waals surface area contributed by atoms with Gasteiger partial charge in [-0.25, -0.2) is 0 Å². The molecule has 1 aromatic rings. The SMILES string of the molecule is CC(C)CC(NCC1CCC(C)C1)c1ccccc1. The molecule has 3 atom stereocenters. The van der Waals surface area contributed by atoms with E-state index in [0.717, 1.165) is 17.8 Å². The Bertz CT molecular complexity index is 357. The number of hydrogen-bond acceptors (Lipinski definition) is 1. The van der Waals surface area contributed by atoms with Crippen LogP contribution >= 0.6 is 0 Å². The molecule has 1 heteroatoms. The highest BCUT2D eigenvalue weighted by Crippen LogP contribution is 2.30. The van der Waals surface area contributed by atoms with Crippen molar-refractivity contribution in [1.82, 2.24) is 5.32 Å². The zero-order chi connectivity index (χ0) is 13.7. The third kappa shape index (κ3) is 4.65. The molecule has 0 saturated heterocycles. The van der Waals surface area contributed by atoms with E-state index in [0.29, 0.717) is 6.04 Å². The zero-order valence-corrected chi connectivity index (χ0v) is 12.7. The summed E-state index contributed by atoms with van der Waals surface area (Å²) in [5.74, 6) is 2.57. The van der Waals surface area contributed by atoms with E-state index in [1.54, 1.807) is 0 Å². The molecule has 3 unspecified atom stereocenters. The fourth-order valence-electron chi connectivity index (χ4n) is 3.31. The number of benzene rings is 1. The smallest absolute Gasteiger partial charge is 0.0322 e. The van der Waals surface area contributed by atoms with Crippen molar-refractivity contribution in [2.24, 2.45) is 17.8 Å². The zero-order valence-electron chi connectivity index (χ0n) is 12.7. The Hall–Kier alpha value is -0.820. The number of nitrogens with one attached hydrogen (secondary N) is 1. The van der Waals surface area contributed by atoms with Crippen LogP contribution in [0.3, 0.4) is 0 Å². The molecule has 0 heterocycles. The van der Waals surface area contributed by atoms with Crippen molar-refractivity contribution < 1.29 is 0 Å². The van der Waals surface area contributed by atoms with Gasteiger partial charge in [0.2, 0.25) is 0 Å². The largest absolute Gasteiger partial charge is 0.310 e. The van der Waals surface area contributed by atoms with Crippen molar-refractivity contribution in [3.05, 3.63) is 35.9 Å². The predicted octanol–water partition coefficient (Wildman–Crippen LogP) is 4.80. The van der Waals surface area contributed by atoms with Crippen molar-refractivity contribution >= 4 is 0 Å². The van der Waals surface area contributed by atoms with E-state index < -0.39 is 0 Å². The second-order valence-electron chi connectivity index (χ2n) is 6.79. The highest BCUT2D eigenvalue weighted by Gasteiger charge is 2.22. The van der Waals surface area contributed by atoms with Crippen LogP contribution in [0.25, 0.3) is 0 Å². The molecule has 19 heavy (non-hydrogen) atoms. The molecular formula is C18H29N. The van der Waals surface area contributed by atoms with Crippen LogP contribution in [0.1, 0.15) is 58.1 Å². The normalized spacial score (nSPS) is 24.8. The first-order valence-corrected chi connectivity index (χ1v) is 7.93. The summed E-state index contributed by atoms with van der Waals surface area (Å²) in [6, 6.07) is 11.5. The van der Waals surface area contributed by atoms with Gasteiger partial charge in [-0.2, -0.15) is 0 Å². The van der Waals surface area contributed by atoms with Gasteiger partial charge >= 0.3 is 0 Å². The molecule has 0 spiro atoms. The minimum Gasteiger partial charge on any atom is -0.310 e. The minimum atomic E-state index is 0.525. The maximum atomic E-state index is 3.83. The Balaban J connectivity index is 1.91. The van der Waals surface area contributed by atoms with Gasteiger partial charge < -0.3 is 5.32 Å². The van der Waals surface area contributed by atoms with E-state index in [4.69, 9.17) is 0 Å². The van der Waals surface area contributed by atoms with Crippen molar-refractivity contribution in [1.29, 1.82) is 0 Å². The van der Waals surface area contributed by atoms with Crippen LogP contribution in [0.15, 0.2) is 30.3 Å². The second kappa shape index (κ2) is 7.09. The monoisotopic (exact) mass is 259 g/mol. The summed E-state index contributed by atoms with van der Waals surface area (Å²) in [7, 11) is 0. The van der Waals surface area contributed by atoms with Crippen LogP contribution in [0.2, 0.25) is 0 Å². The maximum Gasteiger partial charge on any atom is 0.0322 e. The molecule has 0 aliphatic heterocycles. The van der Waals surface area contributed by atoms with Gasteiger partial charge in [-0.15, -0.1) is 0 Å². The molecule has 1 aliphatic rings. The van der Waals surface area contributed by atoms with Gasteiger partial charge in [-0.1, -0.05) is 57.5 Å². The van der Waals surface area contributed by atoms with Gasteiger partial charge in [-0.3, -0.25) is 0 Å². The molecule has 1 nitrogen and oxygen atoms in total. The molecular weight excluding hydrogens is 230 g/mol. The van der Waals surface area contributed by atoms with E-state index >= 15 is 0 Å². The molecule has 0 aromatic heterocycles. The predicted molar refractivity (Wildman–Crippen MR) is 83.1 cm³/mol. The molecule has 1 saturated carbocycles. The molecule has 0 amide bonds. The fourth-order valence-corrected chi connectivity index (χ4v) is 3.31. The Morgan fingerprint density at radius 2 is 1.89 bits per heavy atom. The van der Waals surface area contributed by atoms with E-state index in [-0.39, 0.29) is 0 Å². The highest BCUT2D eigenvalue weighted by atomic mass is 14.9. The summed E-state index contributed by atoms with van der Waals surface area (Å²) in [5, 5.41) is 3.83. The van der Waals surface area contributed by atoms with Gasteiger partial charge in [0.05, 0.1) is 0 Å². The van der Waals surface area contributed by atoms with Gasteiger partial charge in [0.25, 0.3) is 0 Å². The standard InChI is InChI=1S/C18H29N/c1-14(2)11-18(17-7-5-4-6-8-17)19-13-16-10-9-15(3)12-16/h4-8,14-16,18-19H,9-13H2,1-3H3. The lowest BCUT2D eigenvalue weighted by molar-refractivity contribution is 0.383. The Morgan fingerprint density at radius 3 is 2.47 bits per heavy atom. The molecule has 1 N–H and O–H groups in total. The molecule has 106 valence electrons. The molecule has 2 rings (SSSR count). The average molecular weight is 259 g/mol. The summed E-state index contributed by atoms with van der Waals surface area (Å²) in [6.07, 6.45) is 5.48.